The Morgan fingerprint density at radius 3 is 2.56 bits per heavy atom. The molecule has 0 amide bonds. The molecule has 0 bridgehead atoms. The van der Waals surface area contributed by atoms with Gasteiger partial charge in [0.25, 0.3) is 0 Å². The lowest BCUT2D eigenvalue weighted by molar-refractivity contribution is -0.303. The number of hydrogen-bond donors (Lipinski definition) is 2. The van der Waals surface area contributed by atoms with E-state index in [0.29, 0.717) is 12.8 Å². The maximum atomic E-state index is 10.2. The summed E-state index contributed by atoms with van der Waals surface area (Å²) in [7, 11) is 0. The summed E-state index contributed by atoms with van der Waals surface area (Å²) < 4.78 is 12.0. The van der Waals surface area contributed by atoms with Crippen molar-refractivity contribution in [3.05, 3.63) is 48.6 Å². The standard InChI is InChI=1S/C21H32O4/c1-4-17(22)13-18(23)14-20-15-19(24-21(2,3)25-20)12-8-11-16-9-6-5-7-10-16/h4-7,9-10,17-20,22-23H,1,8,11-15H2,2-3H3/t17-,18+,19?,20?/m0/s1. The van der Waals surface area contributed by atoms with Gasteiger partial charge in [0, 0.05) is 12.8 Å². The van der Waals surface area contributed by atoms with E-state index in [0.717, 1.165) is 25.7 Å². The predicted molar refractivity (Wildman–Crippen MR) is 99.3 cm³/mol. The van der Waals surface area contributed by atoms with E-state index in [1.54, 1.807) is 0 Å². The van der Waals surface area contributed by atoms with E-state index < -0.39 is 18.0 Å². The van der Waals surface area contributed by atoms with Gasteiger partial charge < -0.3 is 19.7 Å². The van der Waals surface area contributed by atoms with Gasteiger partial charge in [0.05, 0.1) is 24.4 Å². The first-order chi connectivity index (χ1) is 11.9. The molecule has 4 nitrogen and oxygen atoms in total. The maximum absolute atomic E-state index is 10.2. The highest BCUT2D eigenvalue weighted by Crippen LogP contribution is 2.31. The van der Waals surface area contributed by atoms with Crippen LogP contribution in [-0.2, 0) is 15.9 Å². The van der Waals surface area contributed by atoms with Crippen LogP contribution in [-0.4, -0.2) is 40.4 Å². The second-order valence-corrected chi connectivity index (χ2v) is 7.42. The molecule has 140 valence electrons. The zero-order valence-corrected chi connectivity index (χ0v) is 15.4. The van der Waals surface area contributed by atoms with E-state index >= 15 is 0 Å². The zero-order chi connectivity index (χ0) is 18.3. The molecule has 1 aromatic rings. The molecule has 0 saturated carbocycles. The largest absolute Gasteiger partial charge is 0.393 e. The third-order valence-corrected chi connectivity index (χ3v) is 4.58. The molecule has 2 unspecified atom stereocenters. The van der Waals surface area contributed by atoms with E-state index in [1.165, 1.54) is 11.6 Å². The molecule has 1 aliphatic heterocycles. The highest BCUT2D eigenvalue weighted by molar-refractivity contribution is 5.14. The molecule has 0 aliphatic carbocycles. The fourth-order valence-corrected chi connectivity index (χ4v) is 3.49. The van der Waals surface area contributed by atoms with Crippen LogP contribution in [0.4, 0.5) is 0 Å². The summed E-state index contributed by atoms with van der Waals surface area (Å²) in [6.07, 6.45) is 4.91. The molecule has 4 heteroatoms. The summed E-state index contributed by atoms with van der Waals surface area (Å²) in [5, 5.41) is 19.7. The van der Waals surface area contributed by atoms with Crippen molar-refractivity contribution in [1.29, 1.82) is 0 Å². The average molecular weight is 348 g/mol. The molecule has 1 aliphatic rings. The minimum absolute atomic E-state index is 0.0579. The number of aryl methyl sites for hydroxylation is 1. The summed E-state index contributed by atoms with van der Waals surface area (Å²) in [4.78, 5) is 0. The van der Waals surface area contributed by atoms with Crippen LogP contribution in [0.3, 0.4) is 0 Å². The third-order valence-electron chi connectivity index (χ3n) is 4.58. The molecule has 2 rings (SSSR count). The maximum Gasteiger partial charge on any atom is 0.163 e. The SMILES string of the molecule is C=C[C@H](O)C[C@@H](O)CC1CC(CCCc2ccccc2)OC(C)(C)O1. The molecule has 1 saturated heterocycles. The lowest BCUT2D eigenvalue weighted by atomic mass is 9.96. The van der Waals surface area contributed by atoms with Gasteiger partial charge in [0.15, 0.2) is 5.79 Å². The summed E-state index contributed by atoms with van der Waals surface area (Å²) in [6, 6.07) is 10.5. The number of rotatable bonds is 9. The van der Waals surface area contributed by atoms with Crippen molar-refractivity contribution in [2.24, 2.45) is 0 Å². The van der Waals surface area contributed by atoms with E-state index in [2.05, 4.69) is 30.8 Å². The first-order valence-electron chi connectivity index (χ1n) is 9.26. The highest BCUT2D eigenvalue weighted by Gasteiger charge is 2.36. The van der Waals surface area contributed by atoms with Crippen molar-refractivity contribution in [3.63, 3.8) is 0 Å². The van der Waals surface area contributed by atoms with Crippen LogP contribution in [0.25, 0.3) is 0 Å². The second-order valence-electron chi connectivity index (χ2n) is 7.42. The Morgan fingerprint density at radius 1 is 1.20 bits per heavy atom. The fourth-order valence-electron chi connectivity index (χ4n) is 3.49. The van der Waals surface area contributed by atoms with Crippen LogP contribution < -0.4 is 0 Å². The summed E-state index contributed by atoms with van der Waals surface area (Å²) in [6.45, 7) is 7.39. The number of hydrogen-bond acceptors (Lipinski definition) is 4. The van der Waals surface area contributed by atoms with E-state index in [-0.39, 0.29) is 12.2 Å². The number of aliphatic hydroxyl groups excluding tert-OH is 2. The van der Waals surface area contributed by atoms with Gasteiger partial charge in [0.1, 0.15) is 0 Å². The molecule has 2 N–H and O–H groups in total. The summed E-state index contributed by atoms with van der Waals surface area (Å²) in [5.74, 6) is -0.642. The van der Waals surface area contributed by atoms with Gasteiger partial charge >= 0.3 is 0 Å². The molecule has 0 aromatic heterocycles. The Bertz CT molecular complexity index is 514. The van der Waals surface area contributed by atoms with Gasteiger partial charge in [-0.25, -0.2) is 0 Å². The lowest BCUT2D eigenvalue weighted by Gasteiger charge is -2.41. The minimum Gasteiger partial charge on any atom is -0.393 e. The van der Waals surface area contributed by atoms with Gasteiger partial charge in [-0.1, -0.05) is 36.4 Å². The summed E-state index contributed by atoms with van der Waals surface area (Å²) >= 11 is 0. The molecular weight excluding hydrogens is 316 g/mol. The second kappa shape index (κ2) is 9.48. The van der Waals surface area contributed by atoms with Crippen LogP contribution in [0.15, 0.2) is 43.0 Å². The Hall–Kier alpha value is -1.20. The number of benzene rings is 1. The molecule has 1 heterocycles. The zero-order valence-electron chi connectivity index (χ0n) is 15.4. The average Bonchev–Trinajstić information content (AvgIpc) is 2.54. The van der Waals surface area contributed by atoms with Crippen LogP contribution >= 0.6 is 0 Å². The Kier molecular flexibility index (Phi) is 7.63. The smallest absolute Gasteiger partial charge is 0.163 e. The third kappa shape index (κ3) is 7.28. The topological polar surface area (TPSA) is 58.9 Å². The van der Waals surface area contributed by atoms with E-state index in [9.17, 15) is 10.2 Å². The first-order valence-corrected chi connectivity index (χ1v) is 9.26. The first kappa shape index (κ1) is 20.1. The predicted octanol–water partition coefficient (Wildman–Crippen LogP) is 3.61. The van der Waals surface area contributed by atoms with Crippen molar-refractivity contribution in [2.75, 3.05) is 0 Å². The van der Waals surface area contributed by atoms with Crippen molar-refractivity contribution in [2.45, 2.75) is 82.6 Å². The van der Waals surface area contributed by atoms with Crippen molar-refractivity contribution < 1.29 is 19.7 Å². The van der Waals surface area contributed by atoms with Crippen LogP contribution in [0, 0.1) is 0 Å². The molecule has 1 aromatic carbocycles. The Morgan fingerprint density at radius 2 is 1.88 bits per heavy atom. The van der Waals surface area contributed by atoms with Gasteiger partial charge in [-0.2, -0.15) is 0 Å². The Labute approximate surface area is 151 Å². The minimum atomic E-state index is -0.676. The van der Waals surface area contributed by atoms with Crippen LogP contribution in [0.5, 0.6) is 0 Å². The quantitative estimate of drug-likeness (QED) is 0.669. The fraction of sp³-hybridized carbons (Fsp3) is 0.619. The van der Waals surface area contributed by atoms with E-state index in [4.69, 9.17) is 9.47 Å². The highest BCUT2D eigenvalue weighted by atomic mass is 16.7. The van der Waals surface area contributed by atoms with Crippen molar-refractivity contribution >= 4 is 0 Å². The van der Waals surface area contributed by atoms with Gasteiger partial charge in [-0.15, -0.1) is 6.58 Å². The Balaban J connectivity index is 1.81. The van der Waals surface area contributed by atoms with Gasteiger partial charge in [0.2, 0.25) is 0 Å². The molecule has 0 radical (unpaired) electrons. The lowest BCUT2D eigenvalue weighted by Crippen LogP contribution is -2.45. The molecule has 25 heavy (non-hydrogen) atoms. The number of aliphatic hydroxyl groups is 2. The number of ether oxygens (including phenoxy) is 2. The molecule has 1 fully saturated rings. The summed E-state index contributed by atoms with van der Waals surface area (Å²) in [5.41, 5.74) is 1.35. The molecule has 4 atom stereocenters. The van der Waals surface area contributed by atoms with Gasteiger partial charge in [-0.3, -0.25) is 0 Å². The normalized spacial score (nSPS) is 25.3. The van der Waals surface area contributed by atoms with Crippen LogP contribution in [0.2, 0.25) is 0 Å². The van der Waals surface area contributed by atoms with Gasteiger partial charge in [-0.05, 0) is 45.1 Å². The monoisotopic (exact) mass is 348 g/mol. The van der Waals surface area contributed by atoms with Crippen molar-refractivity contribution in [3.8, 4) is 0 Å². The molecule has 0 spiro atoms. The van der Waals surface area contributed by atoms with Crippen LogP contribution in [0.1, 0.15) is 51.5 Å². The molecular formula is C21H32O4. The van der Waals surface area contributed by atoms with E-state index in [1.807, 2.05) is 19.9 Å². The van der Waals surface area contributed by atoms with Crippen molar-refractivity contribution in [1.82, 2.24) is 0 Å².